The highest BCUT2D eigenvalue weighted by atomic mass is 35.5. The highest BCUT2D eigenvalue weighted by Crippen LogP contribution is 2.34. The molecule has 0 saturated carbocycles. The molecular weight excluding hydrogens is 471 g/mol. The number of hydrogen-bond donors (Lipinski definition) is 0. The first-order chi connectivity index (χ1) is 16.4. The van der Waals surface area contributed by atoms with Crippen molar-refractivity contribution in [3.8, 4) is 11.1 Å². The molecule has 0 spiro atoms. The molecule has 0 aliphatic carbocycles. The van der Waals surface area contributed by atoms with E-state index < -0.39 is 0 Å². The summed E-state index contributed by atoms with van der Waals surface area (Å²) in [6.45, 7) is 2.23. The van der Waals surface area contributed by atoms with Gasteiger partial charge in [0.25, 0.3) is 5.56 Å². The molecule has 2 aliphatic rings. The van der Waals surface area contributed by atoms with Gasteiger partial charge in [-0.3, -0.25) is 4.79 Å². The van der Waals surface area contributed by atoms with Gasteiger partial charge in [0.15, 0.2) is 0 Å². The molecule has 2 fully saturated rings. The molecule has 3 aromatic heterocycles. The number of halogens is 2. The standard InChI is InChI=1S/C26H24Cl2N4O2/c1-30-15-22(17-6-7-31(25(33)9-17)12-16-2-5-23(27)24(28)8-16)21-10-18(11-29-26(21)30)32-13-19-3-4-20(14-32)34-19/h2,5-11,15,19-20H,3-4,12-14H2,1H3. The molecule has 34 heavy (non-hydrogen) atoms. The molecule has 2 aliphatic heterocycles. The van der Waals surface area contributed by atoms with Crippen LogP contribution < -0.4 is 10.5 Å². The number of fused-ring (bicyclic) bond motifs is 3. The van der Waals surface area contributed by atoms with Gasteiger partial charge in [0.05, 0.1) is 40.7 Å². The van der Waals surface area contributed by atoms with Gasteiger partial charge in [-0.05, 0) is 48.2 Å². The average molecular weight is 495 g/mol. The predicted molar refractivity (Wildman–Crippen MR) is 136 cm³/mol. The van der Waals surface area contributed by atoms with Gasteiger partial charge >= 0.3 is 0 Å². The number of anilines is 1. The maximum Gasteiger partial charge on any atom is 0.251 e. The van der Waals surface area contributed by atoms with Crippen molar-refractivity contribution in [3.63, 3.8) is 0 Å². The van der Waals surface area contributed by atoms with Crippen LogP contribution in [0.2, 0.25) is 10.0 Å². The molecule has 5 heterocycles. The number of nitrogens with zero attached hydrogens (tertiary/aromatic N) is 4. The minimum absolute atomic E-state index is 0.0746. The molecule has 6 nitrogen and oxygen atoms in total. The van der Waals surface area contributed by atoms with Crippen molar-refractivity contribution >= 4 is 39.9 Å². The van der Waals surface area contributed by atoms with Crippen LogP contribution in [-0.4, -0.2) is 39.4 Å². The number of pyridine rings is 2. The molecule has 6 rings (SSSR count). The van der Waals surface area contributed by atoms with Crippen LogP contribution in [0, 0.1) is 0 Å². The molecule has 0 radical (unpaired) electrons. The van der Waals surface area contributed by atoms with E-state index in [0.29, 0.717) is 28.8 Å². The molecular formula is C26H24Cl2N4O2. The van der Waals surface area contributed by atoms with Gasteiger partial charge in [-0.25, -0.2) is 4.98 Å². The van der Waals surface area contributed by atoms with Gasteiger partial charge < -0.3 is 18.8 Å². The Kier molecular flexibility index (Phi) is 5.40. The Hall–Kier alpha value is -2.80. The van der Waals surface area contributed by atoms with Crippen molar-refractivity contribution in [2.45, 2.75) is 31.6 Å². The molecule has 0 N–H and O–H groups in total. The Bertz CT molecular complexity index is 1450. The minimum Gasteiger partial charge on any atom is -0.371 e. The van der Waals surface area contributed by atoms with Crippen molar-refractivity contribution in [2.24, 2.45) is 7.05 Å². The summed E-state index contributed by atoms with van der Waals surface area (Å²) < 4.78 is 9.68. The number of aryl methyl sites for hydroxylation is 1. The van der Waals surface area contributed by atoms with Gasteiger partial charge in [-0.15, -0.1) is 0 Å². The zero-order valence-electron chi connectivity index (χ0n) is 18.7. The Morgan fingerprint density at radius 2 is 1.85 bits per heavy atom. The van der Waals surface area contributed by atoms with Crippen LogP contribution in [0.15, 0.2) is 59.8 Å². The number of ether oxygens (including phenoxy) is 1. The number of morpholine rings is 1. The smallest absolute Gasteiger partial charge is 0.251 e. The molecule has 0 amide bonds. The molecule has 1 aromatic carbocycles. The van der Waals surface area contributed by atoms with Crippen molar-refractivity contribution in [2.75, 3.05) is 18.0 Å². The van der Waals surface area contributed by atoms with E-state index in [9.17, 15) is 4.79 Å². The Morgan fingerprint density at radius 3 is 2.59 bits per heavy atom. The maximum atomic E-state index is 13.0. The first kappa shape index (κ1) is 21.7. The normalized spacial score (nSPS) is 19.8. The first-order valence-corrected chi connectivity index (χ1v) is 12.2. The van der Waals surface area contributed by atoms with E-state index in [-0.39, 0.29) is 5.56 Å². The van der Waals surface area contributed by atoms with Crippen molar-refractivity contribution in [1.82, 2.24) is 14.1 Å². The summed E-state index contributed by atoms with van der Waals surface area (Å²) in [6, 6.07) is 11.3. The molecule has 2 unspecified atom stereocenters. The van der Waals surface area contributed by atoms with Crippen LogP contribution in [-0.2, 0) is 18.3 Å². The third kappa shape index (κ3) is 3.90. The highest BCUT2D eigenvalue weighted by molar-refractivity contribution is 6.42. The van der Waals surface area contributed by atoms with Gasteiger partial charge in [0.1, 0.15) is 5.65 Å². The topological polar surface area (TPSA) is 52.3 Å². The van der Waals surface area contributed by atoms with Crippen LogP contribution in [0.1, 0.15) is 18.4 Å². The summed E-state index contributed by atoms with van der Waals surface area (Å²) in [5.41, 5.74) is 4.73. The Morgan fingerprint density at radius 1 is 1.06 bits per heavy atom. The van der Waals surface area contributed by atoms with Crippen LogP contribution in [0.25, 0.3) is 22.2 Å². The van der Waals surface area contributed by atoms with Crippen LogP contribution in [0.5, 0.6) is 0 Å². The SMILES string of the molecule is Cn1cc(-c2ccn(Cc3ccc(Cl)c(Cl)c3)c(=O)c2)c2cc(N3CC4CCC(C3)O4)cnc21. The lowest BCUT2D eigenvalue weighted by Gasteiger charge is -2.33. The summed E-state index contributed by atoms with van der Waals surface area (Å²) in [7, 11) is 1.99. The highest BCUT2D eigenvalue weighted by Gasteiger charge is 2.34. The van der Waals surface area contributed by atoms with E-state index in [1.54, 1.807) is 22.8 Å². The fraction of sp³-hybridized carbons (Fsp3) is 0.308. The number of benzene rings is 1. The second-order valence-corrected chi connectivity index (χ2v) is 10.0. The average Bonchev–Trinajstić information content (AvgIpc) is 3.35. The third-order valence-corrected chi connectivity index (χ3v) is 7.59. The second kappa shape index (κ2) is 8.45. The number of rotatable bonds is 4. The van der Waals surface area contributed by atoms with E-state index in [2.05, 4.69) is 11.0 Å². The van der Waals surface area contributed by atoms with Crippen LogP contribution >= 0.6 is 23.2 Å². The van der Waals surface area contributed by atoms with E-state index in [1.807, 2.05) is 42.3 Å². The Labute approximate surface area is 207 Å². The van der Waals surface area contributed by atoms with Gasteiger partial charge in [0.2, 0.25) is 0 Å². The number of aromatic nitrogens is 3. The summed E-state index contributed by atoms with van der Waals surface area (Å²) in [4.78, 5) is 20.1. The van der Waals surface area contributed by atoms with E-state index >= 15 is 0 Å². The summed E-state index contributed by atoms with van der Waals surface area (Å²) in [5, 5.41) is 2.03. The number of hydrogen-bond acceptors (Lipinski definition) is 4. The van der Waals surface area contributed by atoms with E-state index in [1.165, 1.54) is 0 Å². The largest absolute Gasteiger partial charge is 0.371 e. The predicted octanol–water partition coefficient (Wildman–Crippen LogP) is 5.12. The summed E-state index contributed by atoms with van der Waals surface area (Å²) >= 11 is 12.1. The lowest BCUT2D eigenvalue weighted by Crippen LogP contribution is -2.42. The van der Waals surface area contributed by atoms with E-state index in [4.69, 9.17) is 32.9 Å². The van der Waals surface area contributed by atoms with Gasteiger partial charge in [-0.2, -0.15) is 0 Å². The van der Waals surface area contributed by atoms with Crippen molar-refractivity contribution in [1.29, 1.82) is 0 Å². The zero-order chi connectivity index (χ0) is 23.4. The maximum absolute atomic E-state index is 13.0. The zero-order valence-corrected chi connectivity index (χ0v) is 20.3. The molecule has 4 aromatic rings. The second-order valence-electron chi connectivity index (χ2n) is 9.21. The molecule has 2 atom stereocenters. The minimum atomic E-state index is -0.0746. The monoisotopic (exact) mass is 494 g/mol. The Balaban J connectivity index is 1.33. The van der Waals surface area contributed by atoms with Crippen molar-refractivity contribution < 1.29 is 4.74 Å². The lowest BCUT2D eigenvalue weighted by molar-refractivity contribution is 0.0305. The fourth-order valence-electron chi connectivity index (χ4n) is 5.12. The van der Waals surface area contributed by atoms with Crippen molar-refractivity contribution in [3.05, 3.63) is 81.0 Å². The summed E-state index contributed by atoms with van der Waals surface area (Å²) in [6.07, 6.45) is 8.71. The van der Waals surface area contributed by atoms with E-state index in [0.717, 1.165) is 59.3 Å². The third-order valence-electron chi connectivity index (χ3n) is 6.85. The molecule has 2 saturated heterocycles. The molecule has 174 valence electrons. The van der Waals surface area contributed by atoms with Crippen LogP contribution in [0.3, 0.4) is 0 Å². The first-order valence-electron chi connectivity index (χ1n) is 11.4. The summed E-state index contributed by atoms with van der Waals surface area (Å²) in [5.74, 6) is 0. The van der Waals surface area contributed by atoms with Gasteiger partial charge in [0, 0.05) is 49.5 Å². The molecule has 2 bridgehead atoms. The molecule has 8 heteroatoms. The van der Waals surface area contributed by atoms with Crippen LogP contribution in [0.4, 0.5) is 5.69 Å². The fourth-order valence-corrected chi connectivity index (χ4v) is 5.44. The van der Waals surface area contributed by atoms with Gasteiger partial charge in [-0.1, -0.05) is 29.3 Å². The lowest BCUT2D eigenvalue weighted by atomic mass is 10.1. The quantitative estimate of drug-likeness (QED) is 0.394.